The Labute approximate surface area is 496 Å². The molecule has 2 atom stereocenters. The van der Waals surface area contributed by atoms with Gasteiger partial charge in [0.05, 0.1) is 34.6 Å². The van der Waals surface area contributed by atoms with Crippen LogP contribution in [-0.4, -0.2) is 145 Å². The molecule has 6 aromatic heterocycles. The van der Waals surface area contributed by atoms with Gasteiger partial charge in [-0.05, 0) is 83.1 Å². The maximum atomic E-state index is 13.7. The van der Waals surface area contributed by atoms with Gasteiger partial charge >= 0.3 is 6.09 Å². The Bertz CT molecular complexity index is 3630. The molecular formula is C57H77Cl3N14O6Si2. The first kappa shape index (κ1) is 62.1. The zero-order chi connectivity index (χ0) is 58.3. The van der Waals surface area contributed by atoms with Crippen molar-refractivity contribution in [1.82, 2.24) is 69.5 Å². The predicted octanol–water partition coefficient (Wildman–Crippen LogP) is 10.6. The van der Waals surface area contributed by atoms with Gasteiger partial charge in [0.2, 0.25) is 0 Å². The number of aromatic nitrogens is 10. The smallest absolute Gasteiger partial charge is 0.410 e. The first-order valence-corrected chi connectivity index (χ1v) is 35.8. The zero-order valence-corrected chi connectivity index (χ0v) is 53.5. The van der Waals surface area contributed by atoms with Crippen LogP contribution in [0.5, 0.6) is 0 Å². The van der Waals surface area contributed by atoms with Crippen LogP contribution in [0, 0.1) is 11.8 Å². The average molecular weight is 1220 g/mol. The van der Waals surface area contributed by atoms with Gasteiger partial charge in [-0.1, -0.05) is 62.5 Å². The summed E-state index contributed by atoms with van der Waals surface area (Å²) in [6, 6.07) is 13.2. The van der Waals surface area contributed by atoms with Crippen LogP contribution >= 0.6 is 35.6 Å². The monoisotopic (exact) mass is 1210 g/mol. The molecule has 0 saturated carbocycles. The highest BCUT2D eigenvalue weighted by molar-refractivity contribution is 6.76. The van der Waals surface area contributed by atoms with Gasteiger partial charge in [0.15, 0.2) is 11.3 Å². The Kier molecular flexibility index (Phi) is 19.0. The summed E-state index contributed by atoms with van der Waals surface area (Å²) in [5, 5.41) is 22.0. The lowest BCUT2D eigenvalue weighted by molar-refractivity contribution is -0.00533. The molecule has 2 aromatic carbocycles. The van der Waals surface area contributed by atoms with Crippen molar-refractivity contribution in [3.05, 3.63) is 82.4 Å². The molecule has 2 aliphatic rings. The van der Waals surface area contributed by atoms with E-state index in [4.69, 9.17) is 62.4 Å². The van der Waals surface area contributed by atoms with Crippen LogP contribution in [0.4, 0.5) is 4.79 Å². The molecule has 2 fully saturated rings. The summed E-state index contributed by atoms with van der Waals surface area (Å²) in [7, 11) is 1.26. The summed E-state index contributed by atoms with van der Waals surface area (Å²) in [5.41, 5.74) is 6.80. The van der Waals surface area contributed by atoms with Crippen molar-refractivity contribution in [3.63, 3.8) is 0 Å². The van der Waals surface area contributed by atoms with Crippen molar-refractivity contribution >= 4 is 114 Å². The Morgan fingerprint density at radius 3 is 1.51 bits per heavy atom. The van der Waals surface area contributed by atoms with Crippen molar-refractivity contribution in [3.8, 4) is 22.8 Å². The highest BCUT2D eigenvalue weighted by atomic mass is 35.5. The van der Waals surface area contributed by atoms with Gasteiger partial charge in [-0.3, -0.25) is 19.0 Å². The fraction of sp³-hybridized carbons (Fsp3) is 0.491. The first-order chi connectivity index (χ1) is 38.2. The second kappa shape index (κ2) is 25.1. The van der Waals surface area contributed by atoms with Crippen LogP contribution in [0.3, 0.4) is 0 Å². The van der Waals surface area contributed by atoms with Crippen LogP contribution in [0.25, 0.3) is 66.9 Å². The van der Waals surface area contributed by atoms with Crippen LogP contribution < -0.4 is 16.0 Å². The number of amides is 3. The third kappa shape index (κ3) is 14.5. The maximum Gasteiger partial charge on any atom is 0.410 e. The van der Waals surface area contributed by atoms with Crippen molar-refractivity contribution in [2.45, 2.75) is 117 Å². The number of hydrogen-bond acceptors (Lipinski definition) is 13. The van der Waals surface area contributed by atoms with Crippen molar-refractivity contribution in [1.29, 1.82) is 0 Å². The fourth-order valence-electron chi connectivity index (χ4n) is 9.56. The predicted molar refractivity (Wildman–Crippen MR) is 331 cm³/mol. The highest BCUT2D eigenvalue weighted by Gasteiger charge is 2.38. The molecular weight excluding hydrogens is 1140 g/mol. The highest BCUT2D eigenvalue weighted by Crippen LogP contribution is 2.33. The molecule has 8 aromatic rings. The van der Waals surface area contributed by atoms with Gasteiger partial charge in [0.25, 0.3) is 11.8 Å². The molecule has 0 radical (unpaired) electrons. The molecule has 20 nitrogen and oxygen atoms in total. The molecule has 3 N–H and O–H groups in total. The van der Waals surface area contributed by atoms with Crippen molar-refractivity contribution < 1.29 is 28.6 Å². The molecule has 10 rings (SSSR count). The lowest BCUT2D eigenvalue weighted by Gasteiger charge is -2.42. The second-order valence-corrected chi connectivity index (χ2v) is 37.0. The standard InChI is InChI=1S/C31H42ClN7O4Si.C26H34ClN7O2Si.ClH/c1-19(20-15-38(16-20)30(41)43-31(2,3)4)34-29(40)23-17-39(18-42-11-12-44(6,7)8)28-27(23)35-24(14-33-28)26-22-10-9-21(32)13-25(22)37(5)36-26;1-16(17-11-28-12-17)30-26(35)20-14-34(15-36-8-9-37(3,4)5)25-24(20)31-21(13-29-25)23-19-7-6-18(27)10-22(19)33(2)32-23;/h9-10,13-14,17,19-20H,11-12,15-16,18H2,1-8H3,(H,34,40);6-7,10,13-14,16-17,28H,8-9,11-12,15H2,1-5H3,(H,30,35);1H. The van der Waals surface area contributed by atoms with Crippen LogP contribution in [-0.2, 0) is 41.8 Å². The first-order valence-electron chi connectivity index (χ1n) is 27.6. The molecule has 0 aliphatic carbocycles. The summed E-state index contributed by atoms with van der Waals surface area (Å²) >= 11 is 12.4. The molecule has 3 amide bonds. The summed E-state index contributed by atoms with van der Waals surface area (Å²) in [5.74, 6) is 0.117. The zero-order valence-electron chi connectivity index (χ0n) is 49.2. The van der Waals surface area contributed by atoms with E-state index in [0.717, 1.165) is 47.0 Å². The van der Waals surface area contributed by atoms with Gasteiger partial charge in [-0.15, -0.1) is 12.4 Å². The number of hydrogen-bond donors (Lipinski definition) is 3. The number of rotatable bonds is 18. The van der Waals surface area contributed by atoms with Gasteiger partial charge in [0.1, 0.15) is 52.9 Å². The Morgan fingerprint density at radius 1 is 0.695 bits per heavy atom. The van der Waals surface area contributed by atoms with Gasteiger partial charge in [-0.25, -0.2) is 24.7 Å². The van der Waals surface area contributed by atoms with Gasteiger partial charge < -0.3 is 44.2 Å². The van der Waals surface area contributed by atoms with E-state index in [1.54, 1.807) is 39.1 Å². The number of benzene rings is 2. The number of fused-ring (bicyclic) bond motifs is 4. The minimum Gasteiger partial charge on any atom is -0.444 e. The summed E-state index contributed by atoms with van der Waals surface area (Å²) < 4.78 is 24.7. The van der Waals surface area contributed by atoms with E-state index < -0.39 is 21.7 Å². The number of carbonyl (C=O) groups excluding carboxylic acids is 3. The third-order valence-corrected chi connectivity index (χ3v) is 18.6. The number of halogens is 3. The molecule has 82 heavy (non-hydrogen) atoms. The molecule has 25 heteroatoms. The van der Waals surface area contributed by atoms with Gasteiger partial charge in [-0.2, -0.15) is 10.2 Å². The summed E-state index contributed by atoms with van der Waals surface area (Å²) in [4.78, 5) is 60.5. The van der Waals surface area contributed by atoms with E-state index in [1.807, 2.05) is 94.2 Å². The SMILES string of the molecule is CC(NC(=O)c1cn(COCC[Si](C)(C)C)c2ncc(-c3nn(C)c4cc(Cl)ccc34)nc12)C1CN(C(=O)OC(C)(C)C)C1.CC(NC(=O)c1cn(COCC[Si](C)(C)C)c2ncc(-c3nn(C)c4cc(Cl)ccc34)nc12)C1CNC1.Cl. The van der Waals surface area contributed by atoms with E-state index >= 15 is 0 Å². The molecule has 2 aliphatic heterocycles. The molecule has 440 valence electrons. The molecule has 2 unspecified atom stereocenters. The van der Waals surface area contributed by atoms with E-state index in [-0.39, 0.29) is 55.0 Å². The van der Waals surface area contributed by atoms with Crippen molar-refractivity contribution in [2.24, 2.45) is 25.9 Å². The van der Waals surface area contributed by atoms with Crippen LogP contribution in [0.2, 0.25) is 61.4 Å². The van der Waals surface area contributed by atoms with E-state index in [1.165, 1.54) is 0 Å². The number of nitrogens with zero attached hydrogens (tertiary/aromatic N) is 11. The Morgan fingerprint density at radius 2 is 1.12 bits per heavy atom. The topological polar surface area (TPSA) is 215 Å². The van der Waals surface area contributed by atoms with Crippen molar-refractivity contribution in [2.75, 3.05) is 39.4 Å². The molecule has 2 saturated heterocycles. The van der Waals surface area contributed by atoms with Crippen LogP contribution in [0.1, 0.15) is 55.3 Å². The molecule has 8 heterocycles. The van der Waals surface area contributed by atoms with E-state index in [2.05, 4.69) is 60.3 Å². The Balaban J connectivity index is 0.000000215. The quantitative estimate of drug-likeness (QED) is 0.0539. The average Bonchev–Trinajstić information content (AvgIpc) is 4.32. The lowest BCUT2D eigenvalue weighted by atomic mass is 9.93. The summed E-state index contributed by atoms with van der Waals surface area (Å²) in [6.07, 6.45) is 6.62. The van der Waals surface area contributed by atoms with E-state index in [9.17, 15) is 14.4 Å². The number of carbonyl (C=O) groups is 3. The minimum absolute atomic E-state index is 0. The number of likely N-dealkylation sites (tertiary alicyclic amines) is 1. The number of ether oxygens (including phenoxy) is 3. The minimum atomic E-state index is -1.26. The molecule has 0 spiro atoms. The normalized spacial score (nSPS) is 15.0. The number of aryl methyl sites for hydroxylation is 2. The maximum absolute atomic E-state index is 13.7. The summed E-state index contributed by atoms with van der Waals surface area (Å²) in [6.45, 7) is 28.2. The van der Waals surface area contributed by atoms with E-state index in [0.29, 0.717) is 105 Å². The largest absolute Gasteiger partial charge is 0.444 e. The number of nitrogens with one attached hydrogen (secondary N) is 3. The Hall–Kier alpha value is -5.99. The fourth-order valence-corrected chi connectivity index (χ4v) is 11.4. The third-order valence-electron chi connectivity index (χ3n) is 14.7. The second-order valence-electron chi connectivity index (χ2n) is 24.9. The van der Waals surface area contributed by atoms with Gasteiger partial charge in [0, 0.05) is 127 Å². The van der Waals surface area contributed by atoms with Crippen LogP contribution in [0.15, 0.2) is 61.2 Å². The molecule has 0 bridgehead atoms. The lowest BCUT2D eigenvalue weighted by Crippen LogP contribution is -2.58.